The van der Waals surface area contributed by atoms with Crippen molar-refractivity contribution in [3.63, 3.8) is 0 Å². The molecule has 2 nitrogen and oxygen atoms in total. The molecule has 15 heavy (non-hydrogen) atoms. The second kappa shape index (κ2) is 5.56. The highest BCUT2D eigenvalue weighted by Gasteiger charge is 2.31. The molecule has 1 aromatic heterocycles. The Hall–Kier alpha value is -1.28. The van der Waals surface area contributed by atoms with Crippen molar-refractivity contribution in [3.8, 4) is 6.07 Å². The molecular weight excluding hydrogens is 229 g/mol. The monoisotopic (exact) mass is 236 g/mol. The summed E-state index contributed by atoms with van der Waals surface area (Å²) in [7, 11) is 0. The van der Waals surface area contributed by atoms with Gasteiger partial charge in [0.1, 0.15) is 11.2 Å². The van der Waals surface area contributed by atoms with Crippen molar-refractivity contribution in [3.05, 3.63) is 28.5 Å². The van der Waals surface area contributed by atoms with Crippen LogP contribution in [0.3, 0.4) is 0 Å². The van der Waals surface area contributed by atoms with Crippen LogP contribution in [0.25, 0.3) is 0 Å². The maximum Gasteiger partial charge on any atom is 0.417 e. The Morgan fingerprint density at radius 2 is 1.93 bits per heavy atom. The van der Waals surface area contributed by atoms with E-state index >= 15 is 0 Å². The number of rotatable bonds is 0. The zero-order chi connectivity index (χ0) is 12.1. The van der Waals surface area contributed by atoms with Crippen molar-refractivity contribution in [2.24, 2.45) is 0 Å². The SMILES string of the molecule is CC.N#Cc1cc(C(F)(F)F)cnc1Cl. The Kier molecular flexibility index (Phi) is 5.09. The molecule has 0 spiro atoms. The number of aromatic nitrogens is 1. The van der Waals surface area contributed by atoms with Crippen molar-refractivity contribution in [1.82, 2.24) is 4.98 Å². The molecule has 0 aliphatic heterocycles. The Balaban J connectivity index is 0.000000921. The second-order valence-electron chi connectivity index (χ2n) is 2.17. The molecule has 0 unspecified atom stereocenters. The molecule has 0 bridgehead atoms. The molecule has 82 valence electrons. The van der Waals surface area contributed by atoms with Crippen molar-refractivity contribution >= 4 is 11.6 Å². The number of nitriles is 1. The summed E-state index contributed by atoms with van der Waals surface area (Å²) in [4.78, 5) is 3.24. The van der Waals surface area contributed by atoms with E-state index in [4.69, 9.17) is 16.9 Å². The summed E-state index contributed by atoms with van der Waals surface area (Å²) in [6.45, 7) is 4.00. The van der Waals surface area contributed by atoms with E-state index in [2.05, 4.69) is 4.98 Å². The summed E-state index contributed by atoms with van der Waals surface area (Å²) in [5.41, 5.74) is -1.26. The molecule has 0 N–H and O–H groups in total. The molecule has 0 aliphatic carbocycles. The van der Waals surface area contributed by atoms with Gasteiger partial charge in [0.15, 0.2) is 0 Å². The lowest BCUT2D eigenvalue weighted by Crippen LogP contribution is -2.06. The lowest BCUT2D eigenvalue weighted by Gasteiger charge is -2.05. The van der Waals surface area contributed by atoms with Gasteiger partial charge in [0.05, 0.1) is 11.1 Å². The third kappa shape index (κ3) is 3.76. The smallest absolute Gasteiger partial charge is 0.243 e. The third-order valence-electron chi connectivity index (χ3n) is 1.29. The highest BCUT2D eigenvalue weighted by molar-refractivity contribution is 6.30. The number of pyridine rings is 1. The molecule has 0 fully saturated rings. The van der Waals surface area contributed by atoms with E-state index in [9.17, 15) is 13.2 Å². The minimum Gasteiger partial charge on any atom is -0.243 e. The topological polar surface area (TPSA) is 36.7 Å². The van der Waals surface area contributed by atoms with Crippen molar-refractivity contribution in [2.45, 2.75) is 20.0 Å². The summed E-state index contributed by atoms with van der Waals surface area (Å²) < 4.78 is 36.1. The highest BCUT2D eigenvalue weighted by atomic mass is 35.5. The first-order valence-electron chi connectivity index (χ1n) is 4.08. The molecule has 1 heterocycles. The second-order valence-corrected chi connectivity index (χ2v) is 2.53. The molecule has 0 radical (unpaired) electrons. The highest BCUT2D eigenvalue weighted by Crippen LogP contribution is 2.30. The third-order valence-corrected chi connectivity index (χ3v) is 1.59. The predicted octanol–water partition coefficient (Wildman–Crippen LogP) is 3.65. The minimum atomic E-state index is -4.50. The average molecular weight is 237 g/mol. The number of nitrogens with zero attached hydrogens (tertiary/aromatic N) is 2. The van der Waals surface area contributed by atoms with Crippen LogP contribution in [-0.2, 0) is 6.18 Å². The van der Waals surface area contributed by atoms with Crippen LogP contribution in [0.5, 0.6) is 0 Å². The molecule has 0 saturated carbocycles. The van der Waals surface area contributed by atoms with Crippen LogP contribution in [0.1, 0.15) is 25.0 Å². The molecule has 0 aliphatic rings. The molecule has 1 aromatic rings. The van der Waals surface area contributed by atoms with Crippen molar-refractivity contribution in [1.29, 1.82) is 5.26 Å². The summed E-state index contributed by atoms with van der Waals surface area (Å²) in [5.74, 6) is 0. The molecule has 0 aromatic carbocycles. The van der Waals surface area contributed by atoms with Crippen molar-refractivity contribution < 1.29 is 13.2 Å². The molecule has 0 saturated heterocycles. The van der Waals surface area contributed by atoms with Crippen LogP contribution in [0, 0.1) is 11.3 Å². The molecule has 0 atom stereocenters. The van der Waals surface area contributed by atoms with Crippen LogP contribution < -0.4 is 0 Å². The summed E-state index contributed by atoms with van der Waals surface area (Å²) >= 11 is 5.35. The molecule has 6 heteroatoms. The molecule has 0 amide bonds. The first kappa shape index (κ1) is 13.7. The van der Waals surface area contributed by atoms with Crippen LogP contribution in [0.2, 0.25) is 5.15 Å². The van der Waals surface area contributed by atoms with Gasteiger partial charge < -0.3 is 0 Å². The Bertz CT molecular complexity index is 369. The van der Waals surface area contributed by atoms with Gasteiger partial charge in [-0.15, -0.1) is 0 Å². The van der Waals surface area contributed by atoms with Gasteiger partial charge in [0.2, 0.25) is 0 Å². The Morgan fingerprint density at radius 3 is 2.33 bits per heavy atom. The summed E-state index contributed by atoms with van der Waals surface area (Å²) in [6, 6.07) is 2.18. The van der Waals surface area contributed by atoms with Gasteiger partial charge in [-0.25, -0.2) is 4.98 Å². The van der Waals surface area contributed by atoms with Crippen LogP contribution in [-0.4, -0.2) is 4.98 Å². The lowest BCUT2D eigenvalue weighted by molar-refractivity contribution is -0.137. The fourth-order valence-electron chi connectivity index (χ4n) is 0.682. The minimum absolute atomic E-state index is 0.226. The Labute approximate surface area is 90.3 Å². The average Bonchev–Trinajstić information content (AvgIpc) is 2.20. The fourth-order valence-corrected chi connectivity index (χ4v) is 0.827. The maximum absolute atomic E-state index is 12.0. The van der Waals surface area contributed by atoms with Gasteiger partial charge in [-0.1, -0.05) is 25.4 Å². The first-order chi connectivity index (χ1) is 6.95. The van der Waals surface area contributed by atoms with Gasteiger partial charge in [-0.3, -0.25) is 0 Å². The fraction of sp³-hybridized carbons (Fsp3) is 0.333. The predicted molar refractivity (Wildman–Crippen MR) is 50.3 cm³/mol. The molecule has 1 rings (SSSR count). The van der Waals surface area contributed by atoms with E-state index in [0.29, 0.717) is 12.3 Å². The van der Waals surface area contributed by atoms with E-state index < -0.39 is 11.7 Å². The molecular formula is C9H8ClF3N2. The quantitative estimate of drug-likeness (QED) is 0.645. The van der Waals surface area contributed by atoms with E-state index in [1.54, 1.807) is 0 Å². The number of hydrogen-bond acceptors (Lipinski definition) is 2. The standard InChI is InChI=1S/C7H2ClF3N2.C2H6/c8-6-4(2-12)1-5(3-13-6)7(9,10)11;1-2/h1,3H;1-2H3. The van der Waals surface area contributed by atoms with Crippen molar-refractivity contribution in [2.75, 3.05) is 0 Å². The normalized spacial score (nSPS) is 9.93. The van der Waals surface area contributed by atoms with Crippen LogP contribution >= 0.6 is 11.6 Å². The number of halogens is 4. The van der Waals surface area contributed by atoms with Gasteiger partial charge >= 0.3 is 6.18 Å². The van der Waals surface area contributed by atoms with E-state index in [1.807, 2.05) is 13.8 Å². The van der Waals surface area contributed by atoms with Gasteiger partial charge in [-0.05, 0) is 6.07 Å². The zero-order valence-corrected chi connectivity index (χ0v) is 8.82. The van der Waals surface area contributed by atoms with Gasteiger partial charge in [-0.2, -0.15) is 18.4 Å². The first-order valence-corrected chi connectivity index (χ1v) is 4.46. The zero-order valence-electron chi connectivity index (χ0n) is 8.06. The maximum atomic E-state index is 12.0. The van der Waals surface area contributed by atoms with Gasteiger partial charge in [0, 0.05) is 6.20 Å². The van der Waals surface area contributed by atoms with Gasteiger partial charge in [0.25, 0.3) is 0 Å². The van der Waals surface area contributed by atoms with E-state index in [0.717, 1.165) is 0 Å². The van der Waals surface area contributed by atoms with Crippen LogP contribution in [0.4, 0.5) is 13.2 Å². The lowest BCUT2D eigenvalue weighted by atomic mass is 10.2. The van der Waals surface area contributed by atoms with E-state index in [-0.39, 0.29) is 10.7 Å². The Morgan fingerprint density at radius 1 is 1.40 bits per heavy atom. The summed E-state index contributed by atoms with van der Waals surface area (Å²) in [6.07, 6.45) is -3.91. The number of alkyl halides is 3. The largest absolute Gasteiger partial charge is 0.417 e. The van der Waals surface area contributed by atoms with E-state index in [1.165, 1.54) is 6.07 Å². The summed E-state index contributed by atoms with van der Waals surface area (Å²) in [5, 5.41) is 8.14. The van der Waals surface area contributed by atoms with Crippen LogP contribution in [0.15, 0.2) is 12.3 Å². The number of hydrogen-bond donors (Lipinski definition) is 0.